The molecule has 2 aliphatic heterocycles. The molecule has 27 heavy (non-hydrogen) atoms. The zero-order valence-electron chi connectivity index (χ0n) is 15.8. The molecule has 1 aliphatic carbocycles. The first-order chi connectivity index (χ1) is 13.1. The molecule has 146 valence electrons. The Morgan fingerprint density at radius 3 is 2.26 bits per heavy atom. The fourth-order valence-electron chi connectivity index (χ4n) is 5.33. The van der Waals surface area contributed by atoms with Gasteiger partial charge in [-0.2, -0.15) is 0 Å². The van der Waals surface area contributed by atoms with Crippen molar-refractivity contribution in [1.29, 1.82) is 0 Å². The van der Waals surface area contributed by atoms with Gasteiger partial charge in [-0.25, -0.2) is 4.39 Å². The van der Waals surface area contributed by atoms with Crippen LogP contribution in [0, 0.1) is 11.7 Å². The van der Waals surface area contributed by atoms with Crippen LogP contribution < -0.4 is 5.32 Å². The van der Waals surface area contributed by atoms with Crippen LogP contribution in [-0.4, -0.2) is 34.8 Å². The molecule has 1 aromatic rings. The van der Waals surface area contributed by atoms with Gasteiger partial charge in [0.05, 0.1) is 0 Å². The Morgan fingerprint density at radius 1 is 1.00 bits per heavy atom. The first kappa shape index (κ1) is 18.5. The summed E-state index contributed by atoms with van der Waals surface area (Å²) in [4.78, 5) is 27.3. The number of halogens is 1. The SMILES string of the molecule is O=C(NC1C[C@H]2CC[C@@H](C1)N2C(=O)CCC1CCCC1)c1ccc(F)cc1. The van der Waals surface area contributed by atoms with Crippen molar-refractivity contribution < 1.29 is 14.0 Å². The maximum Gasteiger partial charge on any atom is 0.251 e. The summed E-state index contributed by atoms with van der Waals surface area (Å²) in [5.74, 6) is 0.575. The van der Waals surface area contributed by atoms with Crippen LogP contribution in [-0.2, 0) is 4.79 Å². The minimum Gasteiger partial charge on any atom is -0.349 e. The average molecular weight is 372 g/mol. The zero-order chi connectivity index (χ0) is 18.8. The number of hydrogen-bond donors (Lipinski definition) is 1. The molecule has 1 unspecified atom stereocenters. The molecule has 1 aromatic carbocycles. The number of nitrogens with zero attached hydrogens (tertiary/aromatic N) is 1. The van der Waals surface area contributed by atoms with Gasteiger partial charge in [0.1, 0.15) is 5.82 Å². The number of rotatable bonds is 5. The normalized spacial score (nSPS) is 27.7. The quantitative estimate of drug-likeness (QED) is 0.848. The Balaban J connectivity index is 1.30. The molecule has 2 heterocycles. The highest BCUT2D eigenvalue weighted by molar-refractivity contribution is 5.94. The molecule has 4 rings (SSSR count). The summed E-state index contributed by atoms with van der Waals surface area (Å²) < 4.78 is 13.0. The second kappa shape index (κ2) is 7.99. The van der Waals surface area contributed by atoms with E-state index in [1.165, 1.54) is 49.9 Å². The van der Waals surface area contributed by atoms with E-state index in [1.807, 2.05) is 0 Å². The van der Waals surface area contributed by atoms with Gasteiger partial charge in [0.25, 0.3) is 5.91 Å². The maximum atomic E-state index is 13.0. The van der Waals surface area contributed by atoms with Crippen LogP contribution in [0.25, 0.3) is 0 Å². The average Bonchev–Trinajstić information content (AvgIpc) is 3.27. The number of carbonyl (C=O) groups excluding carboxylic acids is 2. The predicted octanol–water partition coefficient (Wildman–Crippen LogP) is 4.05. The molecule has 2 bridgehead atoms. The lowest BCUT2D eigenvalue weighted by atomic mass is 9.95. The third kappa shape index (κ3) is 4.17. The van der Waals surface area contributed by atoms with Gasteiger partial charge < -0.3 is 10.2 Å². The van der Waals surface area contributed by atoms with Crippen LogP contribution in [0.2, 0.25) is 0 Å². The number of benzene rings is 1. The molecule has 1 saturated carbocycles. The molecule has 2 saturated heterocycles. The summed E-state index contributed by atoms with van der Waals surface area (Å²) in [6, 6.07) is 6.27. The van der Waals surface area contributed by atoms with Gasteiger partial charge in [0.15, 0.2) is 0 Å². The van der Waals surface area contributed by atoms with E-state index in [1.54, 1.807) is 0 Å². The smallest absolute Gasteiger partial charge is 0.251 e. The number of hydrogen-bond acceptors (Lipinski definition) is 2. The van der Waals surface area contributed by atoms with Gasteiger partial charge in [-0.05, 0) is 62.3 Å². The lowest BCUT2D eigenvalue weighted by Crippen LogP contribution is -2.52. The fraction of sp³-hybridized carbons (Fsp3) is 0.636. The summed E-state index contributed by atoms with van der Waals surface area (Å²) in [7, 11) is 0. The topological polar surface area (TPSA) is 49.4 Å². The van der Waals surface area contributed by atoms with E-state index < -0.39 is 0 Å². The third-order valence-corrected chi connectivity index (χ3v) is 6.70. The largest absolute Gasteiger partial charge is 0.349 e. The standard InChI is InChI=1S/C22H29FN2O2/c23-17-8-6-16(7-9-17)22(27)24-18-13-19-10-11-20(14-18)25(19)21(26)12-5-15-3-1-2-4-15/h6-9,15,18-20H,1-5,10-14H2,(H,24,27)/t18?,19-,20+. The van der Waals surface area contributed by atoms with Gasteiger partial charge in [-0.15, -0.1) is 0 Å². The molecule has 0 aromatic heterocycles. The van der Waals surface area contributed by atoms with Gasteiger partial charge in [-0.1, -0.05) is 25.7 Å². The highest BCUT2D eigenvalue weighted by atomic mass is 19.1. The summed E-state index contributed by atoms with van der Waals surface area (Å²) in [6.07, 6.45) is 10.7. The number of fused-ring (bicyclic) bond motifs is 2. The number of nitrogens with one attached hydrogen (secondary N) is 1. The van der Waals surface area contributed by atoms with Crippen molar-refractivity contribution in [1.82, 2.24) is 10.2 Å². The van der Waals surface area contributed by atoms with E-state index in [0.717, 1.165) is 38.0 Å². The van der Waals surface area contributed by atoms with Crippen LogP contribution in [0.3, 0.4) is 0 Å². The van der Waals surface area contributed by atoms with Crippen LogP contribution in [0.5, 0.6) is 0 Å². The van der Waals surface area contributed by atoms with Crippen LogP contribution >= 0.6 is 0 Å². The summed E-state index contributed by atoms with van der Waals surface area (Å²) >= 11 is 0. The van der Waals surface area contributed by atoms with Crippen molar-refractivity contribution in [2.45, 2.75) is 82.3 Å². The van der Waals surface area contributed by atoms with Crippen molar-refractivity contribution in [3.8, 4) is 0 Å². The number of piperidine rings is 1. The minimum atomic E-state index is -0.339. The van der Waals surface area contributed by atoms with Crippen molar-refractivity contribution in [2.75, 3.05) is 0 Å². The Morgan fingerprint density at radius 2 is 1.63 bits per heavy atom. The third-order valence-electron chi connectivity index (χ3n) is 6.70. The van der Waals surface area contributed by atoms with Crippen molar-refractivity contribution in [3.63, 3.8) is 0 Å². The second-order valence-corrected chi connectivity index (χ2v) is 8.52. The summed E-state index contributed by atoms with van der Waals surface area (Å²) in [6.45, 7) is 0. The highest BCUT2D eigenvalue weighted by Crippen LogP contribution is 2.37. The zero-order valence-corrected chi connectivity index (χ0v) is 15.8. The van der Waals surface area contributed by atoms with Crippen molar-refractivity contribution in [3.05, 3.63) is 35.6 Å². The van der Waals surface area contributed by atoms with E-state index in [-0.39, 0.29) is 29.8 Å². The van der Waals surface area contributed by atoms with Gasteiger partial charge in [0, 0.05) is 30.1 Å². The van der Waals surface area contributed by atoms with Crippen LogP contribution in [0.1, 0.15) is 74.6 Å². The van der Waals surface area contributed by atoms with Gasteiger partial charge in [-0.3, -0.25) is 9.59 Å². The first-order valence-electron chi connectivity index (χ1n) is 10.5. The van der Waals surface area contributed by atoms with E-state index in [2.05, 4.69) is 10.2 Å². The predicted molar refractivity (Wildman–Crippen MR) is 102 cm³/mol. The van der Waals surface area contributed by atoms with Crippen LogP contribution in [0.15, 0.2) is 24.3 Å². The van der Waals surface area contributed by atoms with Crippen LogP contribution in [0.4, 0.5) is 4.39 Å². The Labute approximate surface area is 160 Å². The molecule has 3 fully saturated rings. The summed E-state index contributed by atoms with van der Waals surface area (Å²) in [5.41, 5.74) is 0.485. The highest BCUT2D eigenvalue weighted by Gasteiger charge is 2.43. The van der Waals surface area contributed by atoms with Crippen molar-refractivity contribution in [2.24, 2.45) is 5.92 Å². The molecule has 2 amide bonds. The molecular formula is C22H29FN2O2. The fourth-order valence-corrected chi connectivity index (χ4v) is 5.33. The Bertz CT molecular complexity index is 670. The molecule has 3 atom stereocenters. The number of carbonyl (C=O) groups is 2. The molecule has 0 radical (unpaired) electrons. The van der Waals surface area contributed by atoms with E-state index in [4.69, 9.17) is 0 Å². The Kier molecular flexibility index (Phi) is 5.46. The van der Waals surface area contributed by atoms with E-state index in [0.29, 0.717) is 17.9 Å². The Hall–Kier alpha value is -1.91. The van der Waals surface area contributed by atoms with E-state index in [9.17, 15) is 14.0 Å². The van der Waals surface area contributed by atoms with Gasteiger partial charge in [0.2, 0.25) is 5.91 Å². The number of amides is 2. The van der Waals surface area contributed by atoms with E-state index >= 15 is 0 Å². The molecule has 0 spiro atoms. The lowest BCUT2D eigenvalue weighted by Gasteiger charge is -2.39. The molecule has 4 nitrogen and oxygen atoms in total. The monoisotopic (exact) mass is 372 g/mol. The molecule has 3 aliphatic rings. The van der Waals surface area contributed by atoms with Gasteiger partial charge >= 0.3 is 0 Å². The maximum absolute atomic E-state index is 13.0. The van der Waals surface area contributed by atoms with Crippen molar-refractivity contribution >= 4 is 11.8 Å². The first-order valence-corrected chi connectivity index (χ1v) is 10.5. The summed E-state index contributed by atoms with van der Waals surface area (Å²) in [5, 5.41) is 3.09. The molecule has 5 heteroatoms. The molecular weight excluding hydrogens is 343 g/mol. The molecule has 1 N–H and O–H groups in total. The minimum absolute atomic E-state index is 0.0962. The second-order valence-electron chi connectivity index (χ2n) is 8.52. The lowest BCUT2D eigenvalue weighted by molar-refractivity contribution is -0.136.